The second kappa shape index (κ2) is 6.98. The smallest absolute Gasteiger partial charge is 0.282 e. The molecule has 0 atom stereocenters. The van der Waals surface area contributed by atoms with Crippen LogP contribution >= 0.6 is 11.6 Å². The molecule has 1 aliphatic heterocycles. The predicted octanol–water partition coefficient (Wildman–Crippen LogP) is 3.11. The molecule has 4 rings (SSSR count). The number of amides is 1. The van der Waals surface area contributed by atoms with Crippen LogP contribution in [-0.4, -0.2) is 29.0 Å². The van der Waals surface area contributed by atoms with Gasteiger partial charge in [-0.2, -0.15) is 5.10 Å². The van der Waals surface area contributed by atoms with Gasteiger partial charge in [-0.05, 0) is 24.3 Å². The number of carbonyl (C=O) groups is 1. The highest BCUT2D eigenvalue weighted by atomic mass is 35.5. The van der Waals surface area contributed by atoms with Gasteiger partial charge in [-0.25, -0.2) is 13.1 Å². The van der Waals surface area contributed by atoms with Crippen molar-refractivity contribution < 1.29 is 18.1 Å². The molecule has 1 aliphatic rings. The molecule has 0 saturated heterocycles. The zero-order chi connectivity index (χ0) is 20.8. The molecule has 11 heteroatoms. The molecule has 0 saturated carbocycles. The van der Waals surface area contributed by atoms with E-state index in [1.165, 1.54) is 16.8 Å². The molecule has 148 valence electrons. The lowest BCUT2D eigenvalue weighted by atomic mass is 10.1. The van der Waals surface area contributed by atoms with Crippen LogP contribution < -0.4 is 5.32 Å². The van der Waals surface area contributed by atoms with Gasteiger partial charge in [0, 0.05) is 16.7 Å². The number of nitrogens with one attached hydrogen (secondary N) is 1. The minimum absolute atomic E-state index is 0.158. The summed E-state index contributed by atoms with van der Waals surface area (Å²) in [5, 5.41) is 18.4. The third-order valence-electron chi connectivity index (χ3n) is 4.42. The van der Waals surface area contributed by atoms with Crippen LogP contribution in [0.3, 0.4) is 0 Å². The molecule has 2 aromatic carbocycles. The van der Waals surface area contributed by atoms with E-state index < -0.39 is 26.4 Å². The summed E-state index contributed by atoms with van der Waals surface area (Å²) in [5.41, 5.74) is 0.659. The van der Waals surface area contributed by atoms with Crippen molar-refractivity contribution in [3.63, 3.8) is 0 Å². The monoisotopic (exact) mass is 432 g/mol. The third kappa shape index (κ3) is 3.59. The maximum Gasteiger partial charge on any atom is 0.282 e. The number of nitro groups is 1. The highest BCUT2D eigenvalue weighted by molar-refractivity contribution is 7.90. The Morgan fingerprint density at radius 2 is 1.90 bits per heavy atom. The molecule has 0 bridgehead atoms. The number of aromatic nitrogens is 2. The molecule has 9 nitrogen and oxygen atoms in total. The number of benzene rings is 2. The van der Waals surface area contributed by atoms with Crippen LogP contribution in [0.2, 0.25) is 5.02 Å². The zero-order valence-electron chi connectivity index (χ0n) is 14.7. The molecule has 2 heterocycles. The summed E-state index contributed by atoms with van der Waals surface area (Å²) in [4.78, 5) is 23.5. The van der Waals surface area contributed by atoms with Gasteiger partial charge in [0.1, 0.15) is 11.4 Å². The number of carbonyl (C=O) groups excluding carboxylic acids is 1. The van der Waals surface area contributed by atoms with Crippen molar-refractivity contribution in [1.82, 2.24) is 9.78 Å². The first-order valence-corrected chi connectivity index (χ1v) is 10.6. The number of nitro benzene ring substituents is 1. The van der Waals surface area contributed by atoms with Crippen molar-refractivity contribution in [2.75, 3.05) is 5.32 Å². The van der Waals surface area contributed by atoms with Crippen LogP contribution in [-0.2, 0) is 21.3 Å². The Kier molecular flexibility index (Phi) is 4.59. The summed E-state index contributed by atoms with van der Waals surface area (Å²) in [6.45, 7) is 0. The normalized spacial score (nSPS) is 14.4. The summed E-state index contributed by atoms with van der Waals surface area (Å²) in [7, 11) is -3.37. The molecule has 1 N–H and O–H groups in total. The van der Waals surface area contributed by atoms with Gasteiger partial charge in [-0.3, -0.25) is 14.9 Å². The number of rotatable bonds is 4. The number of fused-ring (bicyclic) bond motifs is 1. The Morgan fingerprint density at radius 1 is 1.17 bits per heavy atom. The predicted molar refractivity (Wildman–Crippen MR) is 106 cm³/mol. The minimum Gasteiger partial charge on any atom is -0.306 e. The Hall–Kier alpha value is -3.24. The second-order valence-electron chi connectivity index (χ2n) is 6.43. The van der Waals surface area contributed by atoms with E-state index in [4.69, 9.17) is 11.6 Å². The lowest BCUT2D eigenvalue weighted by Gasteiger charge is -2.11. The Bertz CT molecular complexity index is 1250. The number of para-hydroxylation sites is 1. The van der Waals surface area contributed by atoms with E-state index in [-0.39, 0.29) is 27.9 Å². The van der Waals surface area contributed by atoms with Crippen LogP contribution in [0.1, 0.15) is 21.6 Å². The van der Waals surface area contributed by atoms with Gasteiger partial charge in [0.25, 0.3) is 11.6 Å². The van der Waals surface area contributed by atoms with E-state index in [1.807, 2.05) is 0 Å². The highest BCUT2D eigenvalue weighted by Crippen LogP contribution is 2.34. The van der Waals surface area contributed by atoms with Crippen LogP contribution in [0.4, 0.5) is 11.5 Å². The van der Waals surface area contributed by atoms with Gasteiger partial charge in [0.15, 0.2) is 9.84 Å². The second-order valence-corrected chi connectivity index (χ2v) is 8.93. The maximum atomic E-state index is 12.9. The first kappa shape index (κ1) is 19.1. The van der Waals surface area contributed by atoms with Crippen molar-refractivity contribution in [3.05, 3.63) is 80.5 Å². The van der Waals surface area contributed by atoms with Crippen molar-refractivity contribution in [2.45, 2.75) is 11.5 Å². The molecule has 0 aliphatic carbocycles. The number of hydrogen-bond donors (Lipinski definition) is 1. The molecule has 1 aromatic heterocycles. The van der Waals surface area contributed by atoms with Gasteiger partial charge in [0.2, 0.25) is 0 Å². The van der Waals surface area contributed by atoms with E-state index in [0.717, 1.165) is 6.07 Å². The van der Waals surface area contributed by atoms with Crippen molar-refractivity contribution in [2.24, 2.45) is 0 Å². The van der Waals surface area contributed by atoms with Gasteiger partial charge in [0.05, 0.1) is 27.8 Å². The van der Waals surface area contributed by atoms with Gasteiger partial charge in [-0.1, -0.05) is 29.8 Å². The Labute approximate surface area is 170 Å². The van der Waals surface area contributed by atoms with Crippen LogP contribution in [0.25, 0.3) is 5.69 Å². The fourth-order valence-electron chi connectivity index (χ4n) is 3.15. The molecular formula is C18H13ClN4O5S. The van der Waals surface area contributed by atoms with Crippen molar-refractivity contribution in [3.8, 4) is 5.69 Å². The average molecular weight is 433 g/mol. The van der Waals surface area contributed by atoms with Crippen LogP contribution in [0.15, 0.2) is 48.5 Å². The molecule has 1 amide bonds. The van der Waals surface area contributed by atoms with Gasteiger partial charge in [-0.15, -0.1) is 0 Å². The molecule has 29 heavy (non-hydrogen) atoms. The lowest BCUT2D eigenvalue weighted by Crippen LogP contribution is -2.18. The molecule has 0 radical (unpaired) electrons. The highest BCUT2D eigenvalue weighted by Gasteiger charge is 2.34. The van der Waals surface area contributed by atoms with E-state index >= 15 is 0 Å². The van der Waals surface area contributed by atoms with Gasteiger partial charge >= 0.3 is 0 Å². The SMILES string of the molecule is O=C(Nc1c2c(nn1-c1ccccc1)CS(=O)(=O)C2)c1cc(Cl)ccc1[N+](=O)[O-]. The van der Waals surface area contributed by atoms with E-state index in [1.54, 1.807) is 30.3 Å². The standard InChI is InChI=1S/C18H13ClN4O5S/c19-11-6-7-16(23(25)26)13(8-11)18(24)20-17-14-9-29(27,28)10-15(14)21-22(17)12-4-2-1-3-5-12/h1-8H,9-10H2,(H,20,24). The van der Waals surface area contributed by atoms with Crippen molar-refractivity contribution in [1.29, 1.82) is 0 Å². The molecule has 3 aromatic rings. The summed E-state index contributed by atoms with van der Waals surface area (Å²) >= 11 is 5.91. The summed E-state index contributed by atoms with van der Waals surface area (Å²) < 4.78 is 25.5. The molecule has 0 unspecified atom stereocenters. The first-order chi connectivity index (χ1) is 13.7. The fraction of sp³-hybridized carbons (Fsp3) is 0.111. The summed E-state index contributed by atoms with van der Waals surface area (Å²) in [5.74, 6) is -1.14. The zero-order valence-corrected chi connectivity index (χ0v) is 16.3. The summed E-state index contributed by atoms with van der Waals surface area (Å²) in [6, 6.07) is 12.5. The number of sulfone groups is 1. The largest absolute Gasteiger partial charge is 0.306 e. The van der Waals surface area contributed by atoms with Crippen molar-refractivity contribution >= 4 is 38.9 Å². The molecule has 0 spiro atoms. The van der Waals surface area contributed by atoms with E-state index in [0.29, 0.717) is 16.9 Å². The van der Waals surface area contributed by atoms with E-state index in [2.05, 4.69) is 10.4 Å². The Morgan fingerprint density at radius 3 is 2.59 bits per heavy atom. The number of halogens is 1. The number of nitrogens with zero attached hydrogens (tertiary/aromatic N) is 3. The molecular weight excluding hydrogens is 420 g/mol. The molecule has 0 fully saturated rings. The van der Waals surface area contributed by atoms with Crippen LogP contribution in [0, 0.1) is 10.1 Å². The summed E-state index contributed by atoms with van der Waals surface area (Å²) in [6.07, 6.45) is 0. The van der Waals surface area contributed by atoms with Crippen LogP contribution in [0.5, 0.6) is 0 Å². The third-order valence-corrected chi connectivity index (χ3v) is 6.10. The fourth-order valence-corrected chi connectivity index (χ4v) is 4.82. The topological polar surface area (TPSA) is 124 Å². The van der Waals surface area contributed by atoms with Gasteiger partial charge < -0.3 is 5.32 Å². The quantitative estimate of drug-likeness (QED) is 0.499. The average Bonchev–Trinajstić information content (AvgIpc) is 3.14. The number of anilines is 1. The Balaban J connectivity index is 1.81. The number of hydrogen-bond acceptors (Lipinski definition) is 6. The maximum absolute atomic E-state index is 12.9. The minimum atomic E-state index is -3.37. The first-order valence-electron chi connectivity index (χ1n) is 8.37. The van der Waals surface area contributed by atoms with E-state index in [9.17, 15) is 23.3 Å². The lowest BCUT2D eigenvalue weighted by molar-refractivity contribution is -0.385.